The van der Waals surface area contributed by atoms with Gasteiger partial charge in [-0.25, -0.2) is 0 Å². The molecule has 15 heavy (non-hydrogen) atoms. The monoisotopic (exact) mass is 206 g/mol. The van der Waals surface area contributed by atoms with E-state index in [1.54, 1.807) is 0 Å². The minimum atomic E-state index is -0.423. The van der Waals surface area contributed by atoms with E-state index in [2.05, 4.69) is 17.0 Å². The van der Waals surface area contributed by atoms with E-state index < -0.39 is 5.54 Å². The van der Waals surface area contributed by atoms with Crippen LogP contribution in [0.3, 0.4) is 0 Å². The number of benzene rings is 1. The molecule has 1 aromatic rings. The minimum Gasteiger partial charge on any atom is -0.394 e. The molecule has 0 aliphatic carbocycles. The molecule has 0 amide bonds. The van der Waals surface area contributed by atoms with E-state index in [1.807, 2.05) is 18.2 Å². The summed E-state index contributed by atoms with van der Waals surface area (Å²) >= 11 is 0. The molecule has 2 rings (SSSR count). The maximum absolute atomic E-state index is 9.26. The first-order chi connectivity index (χ1) is 7.23. The van der Waals surface area contributed by atoms with Crippen molar-refractivity contribution in [1.82, 2.24) is 0 Å². The van der Waals surface area contributed by atoms with Crippen molar-refractivity contribution in [2.24, 2.45) is 5.73 Å². The predicted molar refractivity (Wildman–Crippen MR) is 61.9 cm³/mol. The minimum absolute atomic E-state index is 0.0658. The highest BCUT2D eigenvalue weighted by Crippen LogP contribution is 2.23. The second kappa shape index (κ2) is 4.21. The van der Waals surface area contributed by atoms with Gasteiger partial charge >= 0.3 is 0 Å². The number of nitrogens with zero attached hydrogens (tertiary/aromatic N) is 1. The Balaban J connectivity index is 2.11. The molecule has 0 radical (unpaired) electrons. The third-order valence-electron chi connectivity index (χ3n) is 3.04. The van der Waals surface area contributed by atoms with Gasteiger partial charge in [0.2, 0.25) is 0 Å². The molecular formula is C12H18N2O. The van der Waals surface area contributed by atoms with Crippen LogP contribution in [0, 0.1) is 0 Å². The van der Waals surface area contributed by atoms with Crippen molar-refractivity contribution in [3.05, 3.63) is 30.3 Å². The SMILES string of the molecule is NC1(CO)CCCN(c2ccccc2)C1. The Morgan fingerprint density at radius 1 is 1.33 bits per heavy atom. The zero-order valence-electron chi connectivity index (χ0n) is 8.89. The van der Waals surface area contributed by atoms with Crippen molar-refractivity contribution in [3.63, 3.8) is 0 Å². The van der Waals surface area contributed by atoms with Crippen LogP contribution in [0.4, 0.5) is 5.69 Å². The highest BCUT2D eigenvalue weighted by atomic mass is 16.3. The van der Waals surface area contributed by atoms with Crippen LogP contribution in [0.1, 0.15) is 12.8 Å². The molecular weight excluding hydrogens is 188 g/mol. The van der Waals surface area contributed by atoms with Gasteiger partial charge < -0.3 is 15.7 Å². The van der Waals surface area contributed by atoms with Gasteiger partial charge in [-0.1, -0.05) is 18.2 Å². The van der Waals surface area contributed by atoms with Gasteiger partial charge in [0.05, 0.1) is 12.1 Å². The number of para-hydroxylation sites is 1. The quantitative estimate of drug-likeness (QED) is 0.758. The van der Waals surface area contributed by atoms with Crippen LogP contribution >= 0.6 is 0 Å². The smallest absolute Gasteiger partial charge is 0.0628 e. The molecule has 1 unspecified atom stereocenters. The Kier molecular flexibility index (Phi) is 2.93. The van der Waals surface area contributed by atoms with Crippen molar-refractivity contribution in [2.75, 3.05) is 24.6 Å². The lowest BCUT2D eigenvalue weighted by Gasteiger charge is -2.40. The van der Waals surface area contributed by atoms with Gasteiger partial charge in [-0.05, 0) is 25.0 Å². The summed E-state index contributed by atoms with van der Waals surface area (Å²) in [5.41, 5.74) is 6.87. The number of anilines is 1. The summed E-state index contributed by atoms with van der Waals surface area (Å²) in [6.07, 6.45) is 1.96. The number of nitrogens with two attached hydrogens (primary N) is 1. The molecule has 0 aromatic heterocycles. The normalized spacial score (nSPS) is 26.7. The van der Waals surface area contributed by atoms with Gasteiger partial charge in [0.1, 0.15) is 0 Å². The average Bonchev–Trinajstić information content (AvgIpc) is 2.30. The largest absolute Gasteiger partial charge is 0.394 e. The van der Waals surface area contributed by atoms with E-state index in [-0.39, 0.29) is 6.61 Å². The number of hydrogen-bond donors (Lipinski definition) is 2. The highest BCUT2D eigenvalue weighted by Gasteiger charge is 2.30. The van der Waals surface area contributed by atoms with Gasteiger partial charge in [0.15, 0.2) is 0 Å². The summed E-state index contributed by atoms with van der Waals surface area (Å²) in [5, 5.41) is 9.26. The zero-order chi connectivity index (χ0) is 10.7. The average molecular weight is 206 g/mol. The molecule has 0 bridgehead atoms. The first-order valence-corrected chi connectivity index (χ1v) is 5.43. The Labute approximate surface area is 90.5 Å². The fraction of sp³-hybridized carbons (Fsp3) is 0.500. The third kappa shape index (κ3) is 2.30. The molecule has 1 fully saturated rings. The molecule has 3 nitrogen and oxygen atoms in total. The fourth-order valence-electron chi connectivity index (χ4n) is 2.15. The van der Waals surface area contributed by atoms with Crippen LogP contribution in [0.15, 0.2) is 30.3 Å². The van der Waals surface area contributed by atoms with Crippen LogP contribution in [0.5, 0.6) is 0 Å². The molecule has 1 saturated heterocycles. The Morgan fingerprint density at radius 3 is 2.73 bits per heavy atom. The van der Waals surface area contributed by atoms with E-state index in [9.17, 15) is 5.11 Å². The number of aliphatic hydroxyl groups excluding tert-OH is 1. The maximum atomic E-state index is 9.26. The first-order valence-electron chi connectivity index (χ1n) is 5.43. The van der Waals surface area contributed by atoms with Gasteiger partial charge in [0.25, 0.3) is 0 Å². The van der Waals surface area contributed by atoms with Gasteiger partial charge in [-0.2, -0.15) is 0 Å². The number of hydrogen-bond acceptors (Lipinski definition) is 3. The Hall–Kier alpha value is -1.06. The number of aliphatic hydroxyl groups is 1. The second-order valence-corrected chi connectivity index (χ2v) is 4.38. The van der Waals surface area contributed by atoms with Crippen molar-refractivity contribution >= 4 is 5.69 Å². The second-order valence-electron chi connectivity index (χ2n) is 4.38. The van der Waals surface area contributed by atoms with Crippen LogP contribution in [-0.4, -0.2) is 30.3 Å². The number of piperidine rings is 1. The standard InChI is InChI=1S/C12H18N2O/c13-12(10-15)7-4-8-14(9-12)11-5-2-1-3-6-11/h1-3,5-6,15H,4,7-10,13H2. The highest BCUT2D eigenvalue weighted by molar-refractivity contribution is 5.47. The molecule has 1 atom stereocenters. The summed E-state index contributed by atoms with van der Waals surface area (Å²) in [7, 11) is 0. The molecule has 82 valence electrons. The van der Waals surface area contributed by atoms with Gasteiger partial charge in [-0.15, -0.1) is 0 Å². The third-order valence-corrected chi connectivity index (χ3v) is 3.04. The predicted octanol–water partition coefficient (Wildman–Crippen LogP) is 0.977. The lowest BCUT2D eigenvalue weighted by atomic mass is 9.91. The molecule has 3 heteroatoms. The molecule has 1 aromatic carbocycles. The topological polar surface area (TPSA) is 49.5 Å². The van der Waals surface area contributed by atoms with Crippen LogP contribution in [-0.2, 0) is 0 Å². The van der Waals surface area contributed by atoms with E-state index >= 15 is 0 Å². The van der Waals surface area contributed by atoms with Gasteiger partial charge in [-0.3, -0.25) is 0 Å². The first kappa shape index (κ1) is 10.5. The van der Waals surface area contributed by atoms with E-state index in [0.717, 1.165) is 25.9 Å². The van der Waals surface area contributed by atoms with E-state index in [1.165, 1.54) is 5.69 Å². The van der Waals surface area contributed by atoms with Crippen LogP contribution in [0.25, 0.3) is 0 Å². The Bertz CT molecular complexity index is 315. The molecule has 1 aliphatic heterocycles. The van der Waals surface area contributed by atoms with E-state index in [4.69, 9.17) is 5.73 Å². The molecule has 0 spiro atoms. The zero-order valence-corrected chi connectivity index (χ0v) is 8.89. The molecule has 0 saturated carbocycles. The molecule has 1 heterocycles. The molecule has 3 N–H and O–H groups in total. The van der Waals surface area contributed by atoms with E-state index in [0.29, 0.717) is 0 Å². The fourth-order valence-corrected chi connectivity index (χ4v) is 2.15. The number of rotatable bonds is 2. The maximum Gasteiger partial charge on any atom is 0.0628 e. The van der Waals surface area contributed by atoms with Crippen molar-refractivity contribution in [3.8, 4) is 0 Å². The van der Waals surface area contributed by atoms with Crippen LogP contribution < -0.4 is 10.6 Å². The summed E-state index contributed by atoms with van der Waals surface area (Å²) in [6, 6.07) is 10.2. The van der Waals surface area contributed by atoms with Crippen LogP contribution in [0.2, 0.25) is 0 Å². The Morgan fingerprint density at radius 2 is 2.07 bits per heavy atom. The summed E-state index contributed by atoms with van der Waals surface area (Å²) in [5.74, 6) is 0. The summed E-state index contributed by atoms with van der Waals surface area (Å²) in [6.45, 7) is 1.84. The summed E-state index contributed by atoms with van der Waals surface area (Å²) in [4.78, 5) is 2.25. The van der Waals surface area contributed by atoms with Crippen molar-refractivity contribution < 1.29 is 5.11 Å². The summed E-state index contributed by atoms with van der Waals surface area (Å²) < 4.78 is 0. The van der Waals surface area contributed by atoms with Crippen molar-refractivity contribution in [1.29, 1.82) is 0 Å². The molecule has 1 aliphatic rings. The van der Waals surface area contributed by atoms with Crippen molar-refractivity contribution in [2.45, 2.75) is 18.4 Å². The van der Waals surface area contributed by atoms with Gasteiger partial charge in [0, 0.05) is 18.8 Å². The lowest BCUT2D eigenvalue weighted by molar-refractivity contribution is 0.177. The lowest BCUT2D eigenvalue weighted by Crippen LogP contribution is -2.56.